The molecule has 1 rings (SSSR count). The first-order valence-corrected chi connectivity index (χ1v) is 8.78. The highest BCUT2D eigenvalue weighted by atomic mass is 32.2. The molecule has 1 atom stereocenters. The van der Waals surface area contributed by atoms with E-state index in [2.05, 4.69) is 18.6 Å². The van der Waals surface area contributed by atoms with Crippen molar-refractivity contribution >= 4 is 15.7 Å². The molecule has 1 unspecified atom stereocenters. The predicted octanol–water partition coefficient (Wildman–Crippen LogP) is 2.90. The number of hydrogen-bond acceptors (Lipinski definition) is 3. The van der Waals surface area contributed by atoms with E-state index in [1.807, 2.05) is 6.92 Å². The van der Waals surface area contributed by atoms with Crippen molar-refractivity contribution in [2.45, 2.75) is 51.8 Å². The lowest BCUT2D eigenvalue weighted by atomic mass is 10.0. The Morgan fingerprint density at radius 3 is 2.50 bits per heavy atom. The fourth-order valence-corrected chi connectivity index (χ4v) is 3.57. The lowest BCUT2D eigenvalue weighted by molar-refractivity contribution is 0.488. The van der Waals surface area contributed by atoms with Crippen LogP contribution in [0.15, 0.2) is 24.3 Å². The summed E-state index contributed by atoms with van der Waals surface area (Å²) in [6.07, 6.45) is 3.04. The Morgan fingerprint density at radius 1 is 1.20 bits per heavy atom. The number of nitrogens with one attached hydrogen (secondary N) is 1. The molecule has 0 aromatic heterocycles. The smallest absolute Gasteiger partial charge is 0.216 e. The van der Waals surface area contributed by atoms with Gasteiger partial charge in [0.05, 0.1) is 5.75 Å². The molecule has 4 nitrogen and oxygen atoms in total. The Kier molecular flexibility index (Phi) is 6.49. The van der Waals surface area contributed by atoms with Crippen LogP contribution >= 0.6 is 0 Å². The topological polar surface area (TPSA) is 72.2 Å². The number of benzene rings is 1. The maximum Gasteiger partial charge on any atom is 0.216 e. The maximum absolute atomic E-state index is 12.1. The molecule has 0 aliphatic heterocycles. The summed E-state index contributed by atoms with van der Waals surface area (Å²) in [5.41, 5.74) is 6.96. The minimum Gasteiger partial charge on any atom is -0.399 e. The monoisotopic (exact) mass is 298 g/mol. The van der Waals surface area contributed by atoms with Gasteiger partial charge in [-0.05, 0) is 37.0 Å². The largest absolute Gasteiger partial charge is 0.399 e. The van der Waals surface area contributed by atoms with Gasteiger partial charge in [0.1, 0.15) is 0 Å². The van der Waals surface area contributed by atoms with Crippen molar-refractivity contribution in [3.8, 4) is 0 Å². The SMILES string of the molecule is CC(C)CCCC(C)NS(=O)(=O)Cc1cccc(N)c1. The third-order valence-electron chi connectivity index (χ3n) is 3.11. The van der Waals surface area contributed by atoms with E-state index in [4.69, 9.17) is 5.73 Å². The lowest BCUT2D eigenvalue weighted by Gasteiger charge is -2.15. The highest BCUT2D eigenvalue weighted by molar-refractivity contribution is 7.88. The zero-order chi connectivity index (χ0) is 15.2. The number of rotatable bonds is 8. The van der Waals surface area contributed by atoms with Gasteiger partial charge in [0.2, 0.25) is 10.0 Å². The van der Waals surface area contributed by atoms with Crippen LogP contribution in [0, 0.1) is 5.92 Å². The van der Waals surface area contributed by atoms with Gasteiger partial charge in [-0.15, -0.1) is 0 Å². The minimum atomic E-state index is -3.31. The van der Waals surface area contributed by atoms with Crippen molar-refractivity contribution in [3.05, 3.63) is 29.8 Å². The number of anilines is 1. The molecule has 1 aromatic rings. The van der Waals surface area contributed by atoms with Crippen LogP contribution in [0.25, 0.3) is 0 Å². The Morgan fingerprint density at radius 2 is 1.90 bits per heavy atom. The Bertz CT molecular complexity index is 512. The van der Waals surface area contributed by atoms with Crippen LogP contribution in [0.2, 0.25) is 0 Å². The van der Waals surface area contributed by atoms with Crippen LogP contribution < -0.4 is 10.5 Å². The predicted molar refractivity (Wildman–Crippen MR) is 84.8 cm³/mol. The summed E-state index contributed by atoms with van der Waals surface area (Å²) in [6.45, 7) is 6.26. The number of sulfonamides is 1. The molecule has 0 spiro atoms. The van der Waals surface area contributed by atoms with Gasteiger partial charge < -0.3 is 5.73 Å². The molecule has 0 bridgehead atoms. The van der Waals surface area contributed by atoms with E-state index in [1.54, 1.807) is 24.3 Å². The molecular weight excluding hydrogens is 272 g/mol. The molecule has 5 heteroatoms. The summed E-state index contributed by atoms with van der Waals surface area (Å²) in [7, 11) is -3.31. The maximum atomic E-state index is 12.1. The van der Waals surface area contributed by atoms with Crippen molar-refractivity contribution < 1.29 is 8.42 Å². The zero-order valence-electron chi connectivity index (χ0n) is 12.6. The Labute approximate surface area is 122 Å². The third kappa shape index (κ3) is 6.91. The molecule has 0 radical (unpaired) electrons. The van der Waals surface area contributed by atoms with Crippen LogP contribution in [0.1, 0.15) is 45.6 Å². The first kappa shape index (κ1) is 17.0. The quantitative estimate of drug-likeness (QED) is 0.725. The molecule has 114 valence electrons. The average Bonchev–Trinajstić information content (AvgIpc) is 2.26. The van der Waals surface area contributed by atoms with Crippen LogP contribution in [-0.4, -0.2) is 14.5 Å². The zero-order valence-corrected chi connectivity index (χ0v) is 13.4. The molecule has 0 aliphatic carbocycles. The van der Waals surface area contributed by atoms with Gasteiger partial charge >= 0.3 is 0 Å². The number of nitrogens with two attached hydrogens (primary N) is 1. The Hall–Kier alpha value is -1.07. The van der Waals surface area contributed by atoms with E-state index < -0.39 is 10.0 Å². The van der Waals surface area contributed by atoms with E-state index >= 15 is 0 Å². The number of hydrogen-bond donors (Lipinski definition) is 2. The molecule has 0 amide bonds. The van der Waals surface area contributed by atoms with Crippen molar-refractivity contribution in [1.82, 2.24) is 4.72 Å². The summed E-state index contributed by atoms with van der Waals surface area (Å²) in [5.74, 6) is 0.637. The second kappa shape index (κ2) is 7.64. The van der Waals surface area contributed by atoms with Crippen LogP contribution in [-0.2, 0) is 15.8 Å². The van der Waals surface area contributed by atoms with Crippen molar-refractivity contribution in [2.24, 2.45) is 5.92 Å². The van der Waals surface area contributed by atoms with Gasteiger partial charge in [-0.2, -0.15) is 0 Å². The van der Waals surface area contributed by atoms with E-state index in [0.29, 0.717) is 17.2 Å². The molecule has 0 aliphatic rings. The molecule has 20 heavy (non-hydrogen) atoms. The van der Waals surface area contributed by atoms with Gasteiger partial charge in [0.15, 0.2) is 0 Å². The first-order valence-electron chi connectivity index (χ1n) is 7.13. The summed E-state index contributed by atoms with van der Waals surface area (Å²) in [5, 5.41) is 0. The van der Waals surface area contributed by atoms with E-state index in [-0.39, 0.29) is 11.8 Å². The average molecular weight is 298 g/mol. The van der Waals surface area contributed by atoms with Gasteiger partial charge in [-0.1, -0.05) is 38.8 Å². The Balaban J connectivity index is 2.48. The van der Waals surface area contributed by atoms with Crippen molar-refractivity contribution in [2.75, 3.05) is 5.73 Å². The van der Waals surface area contributed by atoms with Crippen LogP contribution in [0.5, 0.6) is 0 Å². The second-order valence-electron chi connectivity index (χ2n) is 5.85. The van der Waals surface area contributed by atoms with Crippen LogP contribution in [0.3, 0.4) is 0 Å². The van der Waals surface area contributed by atoms with Crippen molar-refractivity contribution in [1.29, 1.82) is 0 Å². The standard InChI is InChI=1S/C15H26N2O2S/c1-12(2)6-4-7-13(3)17-20(18,19)11-14-8-5-9-15(16)10-14/h5,8-10,12-13,17H,4,6-7,11,16H2,1-3H3. The summed E-state index contributed by atoms with van der Waals surface area (Å²) in [6, 6.07) is 6.96. The lowest BCUT2D eigenvalue weighted by Crippen LogP contribution is -2.33. The first-order chi connectivity index (χ1) is 9.28. The highest BCUT2D eigenvalue weighted by Crippen LogP contribution is 2.12. The van der Waals surface area contributed by atoms with E-state index in [9.17, 15) is 8.42 Å². The third-order valence-corrected chi connectivity index (χ3v) is 4.58. The molecular formula is C15H26N2O2S. The van der Waals surface area contributed by atoms with Gasteiger partial charge in [0, 0.05) is 11.7 Å². The van der Waals surface area contributed by atoms with Gasteiger partial charge in [0.25, 0.3) is 0 Å². The normalized spacial score (nSPS) is 13.6. The molecule has 1 aromatic carbocycles. The summed E-state index contributed by atoms with van der Waals surface area (Å²) < 4.78 is 26.9. The van der Waals surface area contributed by atoms with Crippen molar-refractivity contribution in [3.63, 3.8) is 0 Å². The summed E-state index contributed by atoms with van der Waals surface area (Å²) >= 11 is 0. The molecule has 0 heterocycles. The van der Waals surface area contributed by atoms with Gasteiger partial charge in [-0.25, -0.2) is 13.1 Å². The molecule has 0 fully saturated rings. The van der Waals surface area contributed by atoms with Crippen LogP contribution in [0.4, 0.5) is 5.69 Å². The van der Waals surface area contributed by atoms with Gasteiger partial charge in [-0.3, -0.25) is 0 Å². The van der Waals surface area contributed by atoms with E-state index in [1.165, 1.54) is 0 Å². The molecule has 0 saturated heterocycles. The number of nitrogen functional groups attached to an aromatic ring is 1. The highest BCUT2D eigenvalue weighted by Gasteiger charge is 2.15. The summed E-state index contributed by atoms with van der Waals surface area (Å²) in [4.78, 5) is 0. The molecule has 0 saturated carbocycles. The molecule has 3 N–H and O–H groups in total. The minimum absolute atomic E-state index is 0.0213. The second-order valence-corrected chi connectivity index (χ2v) is 7.60. The fourth-order valence-electron chi connectivity index (χ4n) is 2.14. The fraction of sp³-hybridized carbons (Fsp3) is 0.600. The van der Waals surface area contributed by atoms with E-state index in [0.717, 1.165) is 19.3 Å².